The van der Waals surface area contributed by atoms with Gasteiger partial charge in [0.2, 0.25) is 5.91 Å². The average Bonchev–Trinajstić information content (AvgIpc) is 3.06. The molecule has 1 aromatic rings. The monoisotopic (exact) mass is 290 g/mol. The van der Waals surface area contributed by atoms with Crippen LogP contribution in [0.15, 0.2) is 6.07 Å². The summed E-state index contributed by atoms with van der Waals surface area (Å²) in [7, 11) is 0. The summed E-state index contributed by atoms with van der Waals surface area (Å²) in [5.74, 6) is 1.19. The SMILES string of the molecule is CC(=O)N1CCC[C@H]1c1nc(C)cc(N2CCOC2=O)n1. The van der Waals surface area contributed by atoms with E-state index in [1.54, 1.807) is 17.9 Å². The fraction of sp³-hybridized carbons (Fsp3) is 0.571. The average molecular weight is 290 g/mol. The van der Waals surface area contributed by atoms with Crippen LogP contribution < -0.4 is 4.90 Å². The van der Waals surface area contributed by atoms with Crippen molar-refractivity contribution in [1.82, 2.24) is 14.9 Å². The molecule has 2 aliphatic rings. The molecular formula is C14H18N4O3. The van der Waals surface area contributed by atoms with Gasteiger partial charge in [0.1, 0.15) is 12.4 Å². The first-order chi connectivity index (χ1) is 10.1. The largest absolute Gasteiger partial charge is 0.447 e. The molecule has 0 N–H and O–H groups in total. The highest BCUT2D eigenvalue weighted by molar-refractivity contribution is 5.88. The van der Waals surface area contributed by atoms with Gasteiger partial charge in [-0.15, -0.1) is 0 Å². The summed E-state index contributed by atoms with van der Waals surface area (Å²) in [4.78, 5) is 35.6. The van der Waals surface area contributed by atoms with Crippen molar-refractivity contribution in [2.75, 3.05) is 24.6 Å². The summed E-state index contributed by atoms with van der Waals surface area (Å²) >= 11 is 0. The summed E-state index contributed by atoms with van der Waals surface area (Å²) in [6.45, 7) is 5.03. The van der Waals surface area contributed by atoms with E-state index in [0.29, 0.717) is 24.8 Å². The van der Waals surface area contributed by atoms with Gasteiger partial charge in [0.05, 0.1) is 12.6 Å². The second-order valence-corrected chi connectivity index (χ2v) is 5.36. The number of hydrogen-bond acceptors (Lipinski definition) is 5. The van der Waals surface area contributed by atoms with Crippen molar-refractivity contribution < 1.29 is 14.3 Å². The van der Waals surface area contributed by atoms with E-state index in [1.165, 1.54) is 4.90 Å². The Morgan fingerprint density at radius 3 is 2.86 bits per heavy atom. The molecule has 2 aliphatic heterocycles. The Kier molecular flexibility index (Phi) is 3.48. The maximum absolute atomic E-state index is 11.7. The van der Waals surface area contributed by atoms with Crippen molar-refractivity contribution in [2.24, 2.45) is 0 Å². The van der Waals surface area contributed by atoms with Crippen LogP contribution in [0.5, 0.6) is 0 Å². The van der Waals surface area contributed by atoms with Gasteiger partial charge in [0.15, 0.2) is 5.82 Å². The van der Waals surface area contributed by atoms with Crippen LogP contribution in [0, 0.1) is 6.92 Å². The van der Waals surface area contributed by atoms with Gasteiger partial charge in [-0.3, -0.25) is 9.69 Å². The highest BCUT2D eigenvalue weighted by atomic mass is 16.6. The number of amides is 2. The van der Waals surface area contributed by atoms with E-state index in [9.17, 15) is 9.59 Å². The highest BCUT2D eigenvalue weighted by Gasteiger charge is 2.32. The standard InChI is InChI=1S/C14H18N4O3/c1-9-8-12(18-6-7-21-14(18)20)16-13(15-9)11-4-3-5-17(11)10(2)19/h8,11H,3-7H2,1-2H3/t11-/m0/s1. The highest BCUT2D eigenvalue weighted by Crippen LogP contribution is 2.31. The van der Waals surface area contributed by atoms with Crippen molar-refractivity contribution in [1.29, 1.82) is 0 Å². The van der Waals surface area contributed by atoms with Crippen LogP contribution in [0.4, 0.5) is 10.6 Å². The first kappa shape index (κ1) is 13.8. The molecule has 7 heteroatoms. The molecule has 112 valence electrons. The molecule has 0 aliphatic carbocycles. The second-order valence-electron chi connectivity index (χ2n) is 5.36. The lowest BCUT2D eigenvalue weighted by molar-refractivity contribution is -0.129. The van der Waals surface area contributed by atoms with Crippen LogP contribution >= 0.6 is 0 Å². The Hall–Kier alpha value is -2.18. The zero-order valence-electron chi connectivity index (χ0n) is 12.2. The Balaban J connectivity index is 1.94. The van der Waals surface area contributed by atoms with Crippen molar-refractivity contribution >= 4 is 17.8 Å². The normalized spacial score (nSPS) is 21.8. The van der Waals surface area contributed by atoms with Gasteiger partial charge in [-0.1, -0.05) is 0 Å². The predicted octanol–water partition coefficient (Wildman–Crippen LogP) is 1.43. The van der Waals surface area contributed by atoms with E-state index in [4.69, 9.17) is 4.74 Å². The Bertz CT molecular complexity index is 590. The zero-order chi connectivity index (χ0) is 15.0. The van der Waals surface area contributed by atoms with Crippen LogP contribution in [0.2, 0.25) is 0 Å². The number of ether oxygens (including phenoxy) is 1. The van der Waals surface area contributed by atoms with Crippen molar-refractivity contribution in [3.63, 3.8) is 0 Å². The number of aryl methyl sites for hydroxylation is 1. The van der Waals surface area contributed by atoms with Gasteiger partial charge >= 0.3 is 6.09 Å². The number of rotatable bonds is 2. The number of carbonyl (C=O) groups excluding carboxylic acids is 2. The van der Waals surface area contributed by atoms with Gasteiger partial charge in [0.25, 0.3) is 0 Å². The molecule has 0 saturated carbocycles. The number of nitrogens with zero attached hydrogens (tertiary/aromatic N) is 4. The lowest BCUT2D eigenvalue weighted by Crippen LogP contribution is -2.30. The van der Waals surface area contributed by atoms with Crippen LogP contribution in [0.1, 0.15) is 37.3 Å². The molecule has 2 saturated heterocycles. The van der Waals surface area contributed by atoms with Crippen molar-refractivity contribution in [3.8, 4) is 0 Å². The van der Waals surface area contributed by atoms with Gasteiger partial charge in [0, 0.05) is 25.2 Å². The third kappa shape index (κ3) is 2.55. The molecule has 21 heavy (non-hydrogen) atoms. The Labute approximate surface area is 122 Å². The number of likely N-dealkylation sites (tertiary alicyclic amines) is 1. The molecule has 0 unspecified atom stereocenters. The van der Waals surface area contributed by atoms with Crippen LogP contribution in [-0.2, 0) is 9.53 Å². The molecule has 2 amide bonds. The molecule has 3 heterocycles. The number of carbonyl (C=O) groups is 2. The summed E-state index contributed by atoms with van der Waals surface area (Å²) in [5.41, 5.74) is 0.783. The topological polar surface area (TPSA) is 75.6 Å². The second kappa shape index (κ2) is 5.31. The van der Waals surface area contributed by atoms with Crippen LogP contribution in [0.25, 0.3) is 0 Å². The van der Waals surface area contributed by atoms with Gasteiger partial charge < -0.3 is 9.64 Å². The number of hydrogen-bond donors (Lipinski definition) is 0. The lowest BCUT2D eigenvalue weighted by atomic mass is 10.2. The number of anilines is 1. The van der Waals surface area contributed by atoms with Gasteiger partial charge in [-0.25, -0.2) is 14.8 Å². The third-order valence-electron chi connectivity index (χ3n) is 3.85. The molecule has 1 aromatic heterocycles. The quantitative estimate of drug-likeness (QED) is 0.823. The third-order valence-corrected chi connectivity index (χ3v) is 3.85. The van der Waals surface area contributed by atoms with E-state index >= 15 is 0 Å². The van der Waals surface area contributed by atoms with E-state index in [0.717, 1.165) is 25.1 Å². The number of aromatic nitrogens is 2. The van der Waals surface area contributed by atoms with Gasteiger partial charge in [-0.05, 0) is 19.8 Å². The first-order valence-corrected chi connectivity index (χ1v) is 7.13. The van der Waals surface area contributed by atoms with E-state index in [1.807, 2.05) is 6.92 Å². The maximum atomic E-state index is 11.7. The first-order valence-electron chi connectivity index (χ1n) is 7.13. The van der Waals surface area contributed by atoms with E-state index < -0.39 is 0 Å². The molecule has 3 rings (SSSR count). The Morgan fingerprint density at radius 2 is 2.19 bits per heavy atom. The lowest BCUT2D eigenvalue weighted by Gasteiger charge is -2.23. The molecule has 2 fully saturated rings. The summed E-state index contributed by atoms with van der Waals surface area (Å²) in [6.07, 6.45) is 1.42. The molecule has 0 aromatic carbocycles. The minimum absolute atomic E-state index is 0.0322. The van der Waals surface area contributed by atoms with Crippen LogP contribution in [-0.4, -0.2) is 46.6 Å². The summed E-state index contributed by atoms with van der Waals surface area (Å²) in [6, 6.07) is 1.67. The van der Waals surface area contributed by atoms with Crippen molar-refractivity contribution in [3.05, 3.63) is 17.6 Å². The molecule has 0 radical (unpaired) electrons. The molecule has 0 spiro atoms. The fourth-order valence-corrected chi connectivity index (χ4v) is 2.88. The summed E-state index contributed by atoms with van der Waals surface area (Å²) in [5, 5.41) is 0. The smallest absolute Gasteiger partial charge is 0.415 e. The predicted molar refractivity (Wildman–Crippen MR) is 74.8 cm³/mol. The minimum atomic E-state index is -0.381. The maximum Gasteiger partial charge on any atom is 0.415 e. The van der Waals surface area contributed by atoms with Crippen molar-refractivity contribution in [2.45, 2.75) is 32.7 Å². The summed E-state index contributed by atoms with van der Waals surface area (Å²) < 4.78 is 4.95. The molecule has 7 nitrogen and oxygen atoms in total. The van der Waals surface area contributed by atoms with Crippen LogP contribution in [0.3, 0.4) is 0 Å². The zero-order valence-corrected chi connectivity index (χ0v) is 12.2. The molecular weight excluding hydrogens is 272 g/mol. The minimum Gasteiger partial charge on any atom is -0.447 e. The fourth-order valence-electron chi connectivity index (χ4n) is 2.88. The van der Waals surface area contributed by atoms with E-state index in [2.05, 4.69) is 9.97 Å². The number of cyclic esters (lactones) is 1. The molecule has 0 bridgehead atoms. The molecule has 1 atom stereocenters. The Morgan fingerprint density at radius 1 is 1.38 bits per heavy atom. The van der Waals surface area contributed by atoms with Gasteiger partial charge in [-0.2, -0.15) is 0 Å². The van der Waals surface area contributed by atoms with E-state index in [-0.39, 0.29) is 18.0 Å².